The van der Waals surface area contributed by atoms with Crippen LogP contribution >= 0.6 is 0 Å². The molecule has 0 aliphatic carbocycles. The number of cyclic esters (lactones) is 1. The average molecular weight is 421 g/mol. The molecule has 31 heavy (non-hydrogen) atoms. The Morgan fingerprint density at radius 3 is 2.68 bits per heavy atom. The third-order valence-electron chi connectivity index (χ3n) is 4.77. The van der Waals surface area contributed by atoms with Crippen molar-refractivity contribution >= 4 is 11.7 Å². The van der Waals surface area contributed by atoms with E-state index in [1.165, 1.54) is 6.07 Å². The Bertz CT molecular complexity index is 979. The summed E-state index contributed by atoms with van der Waals surface area (Å²) in [5, 5.41) is 24.6. The van der Waals surface area contributed by atoms with Crippen LogP contribution in [0.1, 0.15) is 47.7 Å². The number of ether oxygens (including phenoxy) is 1. The highest BCUT2D eigenvalue weighted by atomic mass is 16.6. The van der Waals surface area contributed by atoms with Gasteiger partial charge in [0, 0.05) is 18.9 Å². The number of carbonyl (C=O) groups is 1. The van der Waals surface area contributed by atoms with Crippen molar-refractivity contribution in [2.45, 2.75) is 45.3 Å². The van der Waals surface area contributed by atoms with Crippen molar-refractivity contribution in [2.75, 3.05) is 0 Å². The second kappa shape index (κ2) is 11.0. The lowest BCUT2D eigenvalue weighted by atomic mass is 9.99. The normalized spacial score (nSPS) is 18.8. The van der Waals surface area contributed by atoms with Gasteiger partial charge in [0.25, 0.3) is 0 Å². The summed E-state index contributed by atoms with van der Waals surface area (Å²) in [5.74, 6) is -1.11. The maximum Gasteiger partial charge on any atom is 0.342 e. The summed E-state index contributed by atoms with van der Waals surface area (Å²) >= 11 is 0. The summed E-state index contributed by atoms with van der Waals surface area (Å²) in [4.78, 5) is 18.3. The van der Waals surface area contributed by atoms with Crippen LogP contribution in [-0.2, 0) is 22.6 Å². The van der Waals surface area contributed by atoms with Gasteiger partial charge in [0.1, 0.15) is 29.8 Å². The highest BCUT2D eigenvalue weighted by molar-refractivity contribution is 6.00. The first-order valence-electron chi connectivity index (χ1n) is 10.3. The quantitative estimate of drug-likeness (QED) is 0.411. The fourth-order valence-corrected chi connectivity index (χ4v) is 3.23. The predicted molar refractivity (Wildman–Crippen MR) is 119 cm³/mol. The Labute approximate surface area is 182 Å². The number of hydrogen-bond donors (Lipinski definition) is 2. The van der Waals surface area contributed by atoms with Gasteiger partial charge in [-0.3, -0.25) is 0 Å². The van der Waals surface area contributed by atoms with Gasteiger partial charge in [-0.2, -0.15) is 0 Å². The van der Waals surface area contributed by atoms with Crippen LogP contribution in [0.3, 0.4) is 0 Å². The molecule has 1 atom stereocenters. The van der Waals surface area contributed by atoms with E-state index >= 15 is 0 Å². The van der Waals surface area contributed by atoms with Gasteiger partial charge in [0.2, 0.25) is 0 Å². The molecule has 1 heterocycles. The van der Waals surface area contributed by atoms with Crippen LogP contribution in [-0.4, -0.2) is 28.0 Å². The zero-order valence-corrected chi connectivity index (χ0v) is 17.5. The summed E-state index contributed by atoms with van der Waals surface area (Å²) in [6, 6.07) is 12.2. The summed E-state index contributed by atoms with van der Waals surface area (Å²) < 4.78 is 5.50. The third kappa shape index (κ3) is 6.74. The fourth-order valence-electron chi connectivity index (χ4n) is 3.23. The van der Waals surface area contributed by atoms with E-state index in [1.54, 1.807) is 6.92 Å². The van der Waals surface area contributed by atoms with Gasteiger partial charge in [0.15, 0.2) is 0 Å². The van der Waals surface area contributed by atoms with E-state index < -0.39 is 5.97 Å². The number of hydrogen-bond acceptors (Lipinski definition) is 6. The number of rotatable bonds is 3. The molecule has 3 rings (SSSR count). The summed E-state index contributed by atoms with van der Waals surface area (Å²) in [6.07, 6.45) is 9.96. The molecule has 6 nitrogen and oxygen atoms in total. The molecular weight excluding hydrogens is 394 g/mol. The van der Waals surface area contributed by atoms with Crippen molar-refractivity contribution in [3.63, 3.8) is 0 Å². The van der Waals surface area contributed by atoms with Crippen molar-refractivity contribution in [3.8, 4) is 11.5 Å². The molecule has 1 aliphatic heterocycles. The molecule has 6 heteroatoms. The number of aromatic hydroxyl groups is 2. The van der Waals surface area contributed by atoms with Crippen LogP contribution in [0.15, 0.2) is 71.9 Å². The van der Waals surface area contributed by atoms with E-state index in [0.717, 1.165) is 24.5 Å². The molecule has 2 aromatic carbocycles. The largest absolute Gasteiger partial charge is 0.508 e. The van der Waals surface area contributed by atoms with E-state index in [4.69, 9.17) is 9.57 Å². The number of fused-ring (bicyclic) bond motifs is 1. The number of oxime groups is 1. The predicted octanol–water partition coefficient (Wildman–Crippen LogP) is 5.05. The first-order chi connectivity index (χ1) is 15.0. The lowest BCUT2D eigenvalue weighted by molar-refractivity contribution is 0.0343. The molecule has 0 spiro atoms. The van der Waals surface area contributed by atoms with Crippen LogP contribution in [0, 0.1) is 0 Å². The molecule has 2 N–H and O–H groups in total. The minimum absolute atomic E-state index is 0.0230. The number of allylic oxidation sites excluding steroid dienone is 3. The standard InChI is InChI=1S/C25H27NO5/c1-18-10-6-3-2-4-9-13-21(26-30-17-19-11-7-5-8-12-19)14-20-15-22(27)16-23(28)24(20)25(29)31-18/h3,5-9,11-13,15-16,18,27-28H,2,4,10,14,17H2,1H3. The lowest BCUT2D eigenvalue weighted by Gasteiger charge is -2.16. The van der Waals surface area contributed by atoms with Crippen molar-refractivity contribution in [2.24, 2.45) is 5.16 Å². The minimum atomic E-state index is -0.640. The first-order valence-corrected chi connectivity index (χ1v) is 10.3. The Kier molecular flexibility index (Phi) is 7.87. The number of esters is 1. The molecule has 0 bridgehead atoms. The molecule has 0 amide bonds. The van der Waals surface area contributed by atoms with E-state index in [0.29, 0.717) is 24.3 Å². The highest BCUT2D eigenvalue weighted by Gasteiger charge is 2.22. The number of benzene rings is 2. The number of nitrogens with zero attached hydrogens (tertiary/aromatic N) is 1. The van der Waals surface area contributed by atoms with Crippen LogP contribution in [0.5, 0.6) is 11.5 Å². The second-order valence-corrected chi connectivity index (χ2v) is 7.42. The van der Waals surface area contributed by atoms with Crippen molar-refractivity contribution < 1.29 is 24.6 Å². The second-order valence-electron chi connectivity index (χ2n) is 7.42. The van der Waals surface area contributed by atoms with Gasteiger partial charge in [-0.25, -0.2) is 4.79 Å². The Morgan fingerprint density at radius 2 is 1.87 bits per heavy atom. The van der Waals surface area contributed by atoms with Crippen LogP contribution in [0.25, 0.3) is 0 Å². The molecular formula is C25H27NO5. The number of carbonyl (C=O) groups excluding carboxylic acids is 1. The van der Waals surface area contributed by atoms with Gasteiger partial charge in [-0.15, -0.1) is 0 Å². The molecule has 2 aromatic rings. The van der Waals surface area contributed by atoms with Gasteiger partial charge in [-0.05, 0) is 43.0 Å². The van der Waals surface area contributed by atoms with E-state index in [-0.39, 0.29) is 29.6 Å². The molecule has 0 aromatic heterocycles. The smallest absolute Gasteiger partial charge is 0.342 e. The van der Waals surface area contributed by atoms with Gasteiger partial charge < -0.3 is 19.8 Å². The van der Waals surface area contributed by atoms with Crippen molar-refractivity contribution in [1.29, 1.82) is 0 Å². The fraction of sp³-hybridized carbons (Fsp3) is 0.280. The highest BCUT2D eigenvalue weighted by Crippen LogP contribution is 2.29. The molecule has 0 saturated carbocycles. The number of phenolic OH excluding ortho intramolecular Hbond substituents is 2. The van der Waals surface area contributed by atoms with Gasteiger partial charge >= 0.3 is 5.97 Å². The summed E-state index contributed by atoms with van der Waals surface area (Å²) in [7, 11) is 0. The maximum absolute atomic E-state index is 12.7. The lowest BCUT2D eigenvalue weighted by Crippen LogP contribution is -2.17. The van der Waals surface area contributed by atoms with Crippen molar-refractivity contribution in [1.82, 2.24) is 0 Å². The Balaban J connectivity index is 1.91. The monoisotopic (exact) mass is 421 g/mol. The van der Waals surface area contributed by atoms with Gasteiger partial charge in [-0.1, -0.05) is 53.7 Å². The summed E-state index contributed by atoms with van der Waals surface area (Å²) in [5.41, 5.74) is 1.98. The first kappa shape index (κ1) is 22.2. The van der Waals surface area contributed by atoms with E-state index in [1.807, 2.05) is 54.6 Å². The number of phenols is 2. The van der Waals surface area contributed by atoms with Crippen molar-refractivity contribution in [3.05, 3.63) is 83.5 Å². The van der Waals surface area contributed by atoms with E-state index in [9.17, 15) is 15.0 Å². The van der Waals surface area contributed by atoms with Crippen LogP contribution in [0.2, 0.25) is 0 Å². The molecule has 162 valence electrons. The average Bonchev–Trinajstić information content (AvgIpc) is 2.72. The zero-order chi connectivity index (χ0) is 22.1. The molecule has 0 saturated heterocycles. The molecule has 1 aliphatic rings. The topological polar surface area (TPSA) is 88.4 Å². The van der Waals surface area contributed by atoms with Gasteiger partial charge in [0.05, 0.1) is 5.71 Å². The zero-order valence-electron chi connectivity index (χ0n) is 17.5. The third-order valence-corrected chi connectivity index (χ3v) is 4.77. The minimum Gasteiger partial charge on any atom is -0.508 e. The molecule has 0 radical (unpaired) electrons. The Hall–Kier alpha value is -3.54. The summed E-state index contributed by atoms with van der Waals surface area (Å²) in [6.45, 7) is 2.11. The SMILES string of the molecule is CC1CC=CCCC=CC(=NOCc2ccccc2)Cc2cc(O)cc(O)c2C(=O)O1. The van der Waals surface area contributed by atoms with E-state index in [2.05, 4.69) is 5.16 Å². The Morgan fingerprint density at radius 1 is 1.10 bits per heavy atom. The maximum atomic E-state index is 12.7. The van der Waals surface area contributed by atoms with Crippen LogP contribution < -0.4 is 0 Å². The molecule has 1 unspecified atom stereocenters. The van der Waals surface area contributed by atoms with Crippen LogP contribution in [0.4, 0.5) is 0 Å². The molecule has 0 fully saturated rings.